The van der Waals surface area contributed by atoms with Crippen molar-refractivity contribution in [3.63, 3.8) is 0 Å². The first-order valence-electron chi connectivity index (χ1n) is 7.79. The highest BCUT2D eigenvalue weighted by Crippen LogP contribution is 2.32. The third-order valence-electron chi connectivity index (χ3n) is 3.93. The molecule has 0 aliphatic heterocycles. The van der Waals surface area contributed by atoms with Crippen LogP contribution in [0.4, 0.5) is 18.9 Å². The van der Waals surface area contributed by atoms with E-state index in [9.17, 15) is 22.9 Å². The first kappa shape index (κ1) is 18.5. The van der Waals surface area contributed by atoms with E-state index in [-0.39, 0.29) is 16.6 Å². The van der Waals surface area contributed by atoms with Crippen molar-refractivity contribution in [1.29, 1.82) is 0 Å². The molecule has 0 spiro atoms. The van der Waals surface area contributed by atoms with Gasteiger partial charge in [-0.2, -0.15) is 13.2 Å². The summed E-state index contributed by atoms with van der Waals surface area (Å²) in [5.41, 5.74) is -0.145. The van der Waals surface area contributed by atoms with Crippen LogP contribution in [0.1, 0.15) is 27.7 Å². The molecule has 0 bridgehead atoms. The largest absolute Gasteiger partial charge is 0.416 e. The Morgan fingerprint density at radius 2 is 2.04 bits per heavy atom. The molecule has 0 fully saturated rings. The Bertz CT molecular complexity index is 1000. The topological polar surface area (TPSA) is 99.2 Å². The second kappa shape index (κ2) is 7.16. The Kier molecular flexibility index (Phi) is 4.91. The summed E-state index contributed by atoms with van der Waals surface area (Å²) >= 11 is 0. The SMILES string of the molecule is CNC(N=O)c1cccc(NC(=O)c2cc(C(F)(F)F)cc3[nH]cnc23)c1. The molecule has 7 nitrogen and oxygen atoms in total. The first-order chi connectivity index (χ1) is 12.8. The molecule has 0 radical (unpaired) electrons. The molecule has 1 aromatic heterocycles. The van der Waals surface area contributed by atoms with Gasteiger partial charge in [0.25, 0.3) is 5.91 Å². The fraction of sp³-hybridized carbons (Fsp3) is 0.176. The van der Waals surface area contributed by atoms with Crippen LogP contribution in [0.2, 0.25) is 0 Å². The number of hydrogen-bond acceptors (Lipinski definition) is 5. The number of nitrogens with one attached hydrogen (secondary N) is 3. The normalized spacial score (nSPS) is 12.7. The summed E-state index contributed by atoms with van der Waals surface area (Å²) in [5, 5.41) is 8.14. The maximum absolute atomic E-state index is 13.1. The van der Waals surface area contributed by atoms with Crippen LogP contribution in [-0.4, -0.2) is 22.9 Å². The Morgan fingerprint density at radius 1 is 1.26 bits per heavy atom. The van der Waals surface area contributed by atoms with Gasteiger partial charge < -0.3 is 10.3 Å². The van der Waals surface area contributed by atoms with Gasteiger partial charge in [-0.05, 0) is 42.1 Å². The van der Waals surface area contributed by atoms with Gasteiger partial charge in [-0.1, -0.05) is 12.1 Å². The van der Waals surface area contributed by atoms with Crippen molar-refractivity contribution in [2.75, 3.05) is 12.4 Å². The molecule has 3 rings (SSSR count). The lowest BCUT2D eigenvalue weighted by molar-refractivity contribution is -0.137. The quantitative estimate of drug-likeness (QED) is 0.589. The molecule has 0 aliphatic rings. The number of hydrogen-bond donors (Lipinski definition) is 3. The van der Waals surface area contributed by atoms with E-state index in [1.54, 1.807) is 25.2 Å². The lowest BCUT2D eigenvalue weighted by Gasteiger charge is -2.12. The van der Waals surface area contributed by atoms with Gasteiger partial charge in [0.2, 0.25) is 0 Å². The van der Waals surface area contributed by atoms with Crippen LogP contribution >= 0.6 is 0 Å². The highest BCUT2D eigenvalue weighted by atomic mass is 19.4. The summed E-state index contributed by atoms with van der Waals surface area (Å²) in [6.45, 7) is 0. The molecule has 1 unspecified atom stereocenters. The van der Waals surface area contributed by atoms with E-state index in [0.29, 0.717) is 11.3 Å². The van der Waals surface area contributed by atoms with E-state index in [0.717, 1.165) is 12.1 Å². The molecule has 1 atom stereocenters. The molecular weight excluding hydrogens is 363 g/mol. The Morgan fingerprint density at radius 3 is 2.70 bits per heavy atom. The van der Waals surface area contributed by atoms with Gasteiger partial charge in [-0.15, -0.1) is 4.91 Å². The van der Waals surface area contributed by atoms with Crippen LogP contribution in [0.5, 0.6) is 0 Å². The summed E-state index contributed by atoms with van der Waals surface area (Å²) in [6, 6.07) is 7.94. The molecule has 1 amide bonds. The van der Waals surface area contributed by atoms with Crippen molar-refractivity contribution in [3.8, 4) is 0 Å². The van der Waals surface area contributed by atoms with Crippen LogP contribution in [-0.2, 0) is 6.18 Å². The maximum atomic E-state index is 13.1. The van der Waals surface area contributed by atoms with Gasteiger partial charge in [-0.3, -0.25) is 10.1 Å². The monoisotopic (exact) mass is 377 g/mol. The molecular formula is C17H14F3N5O2. The van der Waals surface area contributed by atoms with Gasteiger partial charge in [-0.25, -0.2) is 4.98 Å². The minimum absolute atomic E-state index is 0.101. The van der Waals surface area contributed by atoms with Crippen molar-refractivity contribution in [2.24, 2.45) is 5.18 Å². The van der Waals surface area contributed by atoms with Crippen LogP contribution in [0.3, 0.4) is 0 Å². The number of rotatable bonds is 5. The minimum atomic E-state index is -4.61. The maximum Gasteiger partial charge on any atom is 0.416 e. The number of halogens is 3. The number of benzene rings is 2. The fourth-order valence-corrected chi connectivity index (χ4v) is 2.65. The predicted octanol–water partition coefficient (Wildman–Crippen LogP) is 3.82. The zero-order chi connectivity index (χ0) is 19.6. The summed E-state index contributed by atoms with van der Waals surface area (Å²) in [4.78, 5) is 29.9. The second-order valence-electron chi connectivity index (χ2n) is 5.70. The number of fused-ring (bicyclic) bond motifs is 1. The number of carbonyl (C=O) groups excluding carboxylic acids is 1. The number of nitrogens with zero attached hydrogens (tertiary/aromatic N) is 2. The molecule has 0 saturated heterocycles. The van der Waals surface area contributed by atoms with Gasteiger partial charge in [0.1, 0.15) is 5.52 Å². The lowest BCUT2D eigenvalue weighted by Crippen LogP contribution is -2.16. The van der Waals surface area contributed by atoms with Crippen LogP contribution in [0, 0.1) is 4.91 Å². The van der Waals surface area contributed by atoms with Crippen molar-refractivity contribution in [2.45, 2.75) is 12.3 Å². The molecule has 0 saturated carbocycles. The smallest absolute Gasteiger partial charge is 0.345 e. The molecule has 3 aromatic rings. The van der Waals surface area contributed by atoms with Crippen molar-refractivity contribution >= 4 is 22.6 Å². The fourth-order valence-electron chi connectivity index (χ4n) is 2.65. The number of imidazole rings is 1. The summed E-state index contributed by atoms with van der Waals surface area (Å²) in [7, 11) is 1.55. The minimum Gasteiger partial charge on any atom is -0.345 e. The van der Waals surface area contributed by atoms with Crippen molar-refractivity contribution < 1.29 is 18.0 Å². The van der Waals surface area contributed by atoms with Crippen LogP contribution in [0.25, 0.3) is 11.0 Å². The molecule has 3 N–H and O–H groups in total. The number of anilines is 1. The molecule has 10 heteroatoms. The van der Waals surface area contributed by atoms with Crippen LogP contribution < -0.4 is 10.6 Å². The third-order valence-corrected chi connectivity index (χ3v) is 3.93. The van der Waals surface area contributed by atoms with E-state index in [4.69, 9.17) is 0 Å². The van der Waals surface area contributed by atoms with Gasteiger partial charge in [0.15, 0.2) is 6.17 Å². The van der Waals surface area contributed by atoms with E-state index in [1.165, 1.54) is 12.4 Å². The summed E-state index contributed by atoms with van der Waals surface area (Å²) < 4.78 is 39.3. The van der Waals surface area contributed by atoms with E-state index >= 15 is 0 Å². The molecule has 27 heavy (non-hydrogen) atoms. The number of H-pyrrole nitrogens is 1. The van der Waals surface area contributed by atoms with E-state index in [2.05, 4.69) is 25.8 Å². The number of aromatic amines is 1. The standard InChI is InChI=1S/C17H14F3N5O2/c1-21-15(25-27)9-3-2-4-11(5-9)24-16(26)12-6-10(17(18,19)20)7-13-14(12)23-8-22-13/h2-8,15,21H,1H3,(H,22,23)(H,24,26). The summed E-state index contributed by atoms with van der Waals surface area (Å²) in [6.07, 6.45) is -4.20. The number of alkyl halides is 3. The Hall–Kier alpha value is -3.27. The average molecular weight is 377 g/mol. The average Bonchev–Trinajstić information content (AvgIpc) is 3.10. The summed E-state index contributed by atoms with van der Waals surface area (Å²) in [5.74, 6) is -0.754. The van der Waals surface area contributed by atoms with Gasteiger partial charge in [0.05, 0.1) is 23.0 Å². The van der Waals surface area contributed by atoms with Crippen molar-refractivity contribution in [1.82, 2.24) is 15.3 Å². The zero-order valence-corrected chi connectivity index (χ0v) is 14.0. The molecule has 0 aliphatic carbocycles. The lowest BCUT2D eigenvalue weighted by atomic mass is 10.1. The van der Waals surface area contributed by atoms with Gasteiger partial charge >= 0.3 is 6.18 Å². The van der Waals surface area contributed by atoms with E-state index < -0.39 is 23.8 Å². The second-order valence-corrected chi connectivity index (χ2v) is 5.70. The molecule has 1 heterocycles. The molecule has 2 aromatic carbocycles. The predicted molar refractivity (Wildman–Crippen MR) is 93.1 cm³/mol. The Balaban J connectivity index is 1.96. The number of amides is 1. The Labute approximate surface area is 151 Å². The third kappa shape index (κ3) is 3.80. The van der Waals surface area contributed by atoms with Crippen molar-refractivity contribution in [3.05, 3.63) is 64.3 Å². The highest BCUT2D eigenvalue weighted by molar-refractivity contribution is 6.11. The zero-order valence-electron chi connectivity index (χ0n) is 14.0. The van der Waals surface area contributed by atoms with Gasteiger partial charge in [0, 0.05) is 5.69 Å². The van der Waals surface area contributed by atoms with Crippen LogP contribution in [0.15, 0.2) is 47.9 Å². The van der Waals surface area contributed by atoms with E-state index in [1.807, 2.05) is 0 Å². The highest BCUT2D eigenvalue weighted by Gasteiger charge is 2.32. The first-order valence-corrected chi connectivity index (χ1v) is 7.79. The molecule has 140 valence electrons. The number of aromatic nitrogens is 2. The number of nitroso groups, excluding NO2 is 1. The number of carbonyl (C=O) groups is 1.